The average Bonchev–Trinajstić information content (AvgIpc) is 3.44. The Morgan fingerprint density at radius 3 is 2.26 bits per heavy atom. The highest BCUT2D eigenvalue weighted by Gasteiger charge is 2.42. The number of carbonyl (C=O) groups excluding carboxylic acids is 3. The van der Waals surface area contributed by atoms with Crippen LogP contribution in [0.1, 0.15) is 30.4 Å². The molecule has 2 aromatic carbocycles. The van der Waals surface area contributed by atoms with E-state index in [4.69, 9.17) is 0 Å². The van der Waals surface area contributed by atoms with E-state index in [1.54, 1.807) is 4.90 Å². The van der Waals surface area contributed by atoms with Crippen molar-refractivity contribution in [2.45, 2.75) is 31.8 Å². The molecule has 2 aromatic rings. The molecule has 0 N–H and O–H groups in total. The average molecular weight is 473 g/mol. The second kappa shape index (κ2) is 10.5. The monoisotopic (exact) mass is 472 g/mol. The third-order valence-electron chi connectivity index (χ3n) is 7.20. The number of anilines is 1. The first-order valence-corrected chi connectivity index (χ1v) is 12.5. The molecule has 3 fully saturated rings. The van der Waals surface area contributed by atoms with Gasteiger partial charge in [0.05, 0.1) is 19.0 Å². The lowest BCUT2D eigenvalue weighted by molar-refractivity contribution is -0.140. The van der Waals surface area contributed by atoms with Crippen LogP contribution >= 0.6 is 0 Å². The highest BCUT2D eigenvalue weighted by molar-refractivity contribution is 6.05. The van der Waals surface area contributed by atoms with Gasteiger partial charge in [0, 0.05) is 51.4 Å². The summed E-state index contributed by atoms with van der Waals surface area (Å²) in [5, 5.41) is 0. The quantitative estimate of drug-likeness (QED) is 0.580. The molecule has 3 aliphatic rings. The van der Waals surface area contributed by atoms with Gasteiger partial charge in [0.2, 0.25) is 17.7 Å². The second-order valence-electron chi connectivity index (χ2n) is 9.50. The topological polar surface area (TPSA) is 64.2 Å². The van der Waals surface area contributed by atoms with Crippen molar-refractivity contribution in [3.05, 3.63) is 71.8 Å². The molecular formula is C28H32N4O3. The zero-order chi connectivity index (χ0) is 24.2. The number of hydrogen-bond donors (Lipinski definition) is 0. The molecular weight excluding hydrogens is 440 g/mol. The molecule has 3 heterocycles. The molecule has 7 heteroatoms. The van der Waals surface area contributed by atoms with Crippen LogP contribution in [0.2, 0.25) is 0 Å². The summed E-state index contributed by atoms with van der Waals surface area (Å²) in [7, 11) is 0. The predicted octanol–water partition coefficient (Wildman–Crippen LogP) is 2.77. The van der Waals surface area contributed by atoms with Gasteiger partial charge < -0.3 is 4.90 Å². The Balaban J connectivity index is 1.12. The van der Waals surface area contributed by atoms with Crippen molar-refractivity contribution in [2.75, 3.05) is 44.2 Å². The maximum Gasteiger partial charge on any atom is 0.247 e. The first kappa shape index (κ1) is 23.5. The van der Waals surface area contributed by atoms with Crippen molar-refractivity contribution in [3.8, 4) is 0 Å². The number of imide groups is 1. The number of hydrogen-bond acceptors (Lipinski definition) is 5. The number of carbonyl (C=O) groups is 3. The summed E-state index contributed by atoms with van der Waals surface area (Å²) < 4.78 is 0. The van der Waals surface area contributed by atoms with Gasteiger partial charge in [-0.2, -0.15) is 0 Å². The van der Waals surface area contributed by atoms with Crippen molar-refractivity contribution in [3.63, 3.8) is 0 Å². The number of likely N-dealkylation sites (tertiary alicyclic amines) is 1. The Bertz CT molecular complexity index is 1090. The predicted molar refractivity (Wildman–Crippen MR) is 135 cm³/mol. The largest absolute Gasteiger partial charge is 0.312 e. The summed E-state index contributed by atoms with van der Waals surface area (Å²) >= 11 is 0. The Morgan fingerprint density at radius 2 is 1.57 bits per heavy atom. The molecule has 0 aliphatic carbocycles. The second-order valence-corrected chi connectivity index (χ2v) is 9.50. The Kier molecular flexibility index (Phi) is 7.06. The third kappa shape index (κ3) is 5.36. The SMILES string of the molecule is O=C1C[C@@H](N2CCN(C/C=C/c3ccccc3)CC2)C(=O)N1Cc1ccc(N2CCCC2=O)cc1. The summed E-state index contributed by atoms with van der Waals surface area (Å²) in [6.45, 7) is 5.25. The van der Waals surface area contributed by atoms with Crippen LogP contribution < -0.4 is 4.90 Å². The molecule has 0 saturated carbocycles. The van der Waals surface area contributed by atoms with Gasteiger partial charge in [-0.3, -0.25) is 29.1 Å². The van der Waals surface area contributed by atoms with E-state index in [1.807, 2.05) is 42.5 Å². The van der Waals surface area contributed by atoms with Crippen LogP contribution in [0.15, 0.2) is 60.7 Å². The van der Waals surface area contributed by atoms with Gasteiger partial charge in [-0.15, -0.1) is 0 Å². The highest BCUT2D eigenvalue weighted by Crippen LogP contribution is 2.25. The van der Waals surface area contributed by atoms with E-state index < -0.39 is 0 Å². The van der Waals surface area contributed by atoms with Crippen molar-refractivity contribution in [1.29, 1.82) is 0 Å². The van der Waals surface area contributed by atoms with Crippen LogP contribution in [0, 0.1) is 0 Å². The molecule has 182 valence electrons. The fourth-order valence-corrected chi connectivity index (χ4v) is 5.16. The summed E-state index contributed by atoms with van der Waals surface area (Å²) in [5.41, 5.74) is 2.97. The van der Waals surface area contributed by atoms with Gasteiger partial charge in [-0.05, 0) is 29.7 Å². The molecule has 3 saturated heterocycles. The summed E-state index contributed by atoms with van der Waals surface area (Å²) in [6.07, 6.45) is 6.06. The zero-order valence-electron chi connectivity index (χ0n) is 20.0. The van der Waals surface area contributed by atoms with Crippen molar-refractivity contribution < 1.29 is 14.4 Å². The summed E-state index contributed by atoms with van der Waals surface area (Å²) in [4.78, 5) is 45.5. The van der Waals surface area contributed by atoms with E-state index in [0.29, 0.717) is 6.42 Å². The molecule has 0 radical (unpaired) electrons. The van der Waals surface area contributed by atoms with Crippen LogP contribution in [-0.4, -0.2) is 77.7 Å². The number of nitrogens with zero attached hydrogens (tertiary/aromatic N) is 4. The molecule has 0 unspecified atom stereocenters. The van der Waals surface area contributed by atoms with E-state index >= 15 is 0 Å². The van der Waals surface area contributed by atoms with Crippen molar-refractivity contribution in [2.24, 2.45) is 0 Å². The van der Waals surface area contributed by atoms with Crippen LogP contribution in [0.3, 0.4) is 0 Å². The van der Waals surface area contributed by atoms with Crippen molar-refractivity contribution >= 4 is 29.5 Å². The molecule has 3 amide bonds. The number of amides is 3. The normalized spacial score (nSPS) is 22.2. The van der Waals surface area contributed by atoms with E-state index in [9.17, 15) is 14.4 Å². The van der Waals surface area contributed by atoms with Crippen LogP contribution in [0.5, 0.6) is 0 Å². The molecule has 5 rings (SSSR count). The Hall–Kier alpha value is -3.29. The molecule has 0 bridgehead atoms. The fraction of sp³-hybridized carbons (Fsp3) is 0.393. The maximum absolute atomic E-state index is 13.1. The molecule has 0 spiro atoms. The third-order valence-corrected chi connectivity index (χ3v) is 7.20. The van der Waals surface area contributed by atoms with Gasteiger partial charge in [-0.1, -0.05) is 54.6 Å². The fourth-order valence-electron chi connectivity index (χ4n) is 5.16. The molecule has 0 aromatic heterocycles. The van der Waals surface area contributed by atoms with E-state index in [1.165, 1.54) is 10.5 Å². The van der Waals surface area contributed by atoms with Gasteiger partial charge in [0.15, 0.2) is 0 Å². The van der Waals surface area contributed by atoms with Crippen LogP contribution in [-0.2, 0) is 20.9 Å². The van der Waals surface area contributed by atoms with Gasteiger partial charge in [0.1, 0.15) is 0 Å². The number of benzene rings is 2. The van der Waals surface area contributed by atoms with Crippen molar-refractivity contribution in [1.82, 2.24) is 14.7 Å². The lowest BCUT2D eigenvalue weighted by Crippen LogP contribution is -2.52. The Morgan fingerprint density at radius 1 is 0.829 bits per heavy atom. The first-order valence-electron chi connectivity index (χ1n) is 12.5. The lowest BCUT2D eigenvalue weighted by atomic mass is 10.1. The first-order chi connectivity index (χ1) is 17.1. The summed E-state index contributed by atoms with van der Waals surface area (Å²) in [6, 6.07) is 17.6. The molecule has 3 aliphatic heterocycles. The maximum atomic E-state index is 13.1. The minimum atomic E-state index is -0.356. The summed E-state index contributed by atoms with van der Waals surface area (Å²) in [5.74, 6) is -0.0453. The standard InChI is InChI=1S/C28H32N4O3/c33-26-9-5-15-31(26)24-12-10-23(11-13-24)21-32-27(34)20-25(28(32)35)30-18-16-29(17-19-30)14-4-8-22-6-2-1-3-7-22/h1-4,6-8,10-13,25H,5,9,14-21H2/b8-4+/t25-/m1/s1. The lowest BCUT2D eigenvalue weighted by Gasteiger charge is -2.36. The minimum absolute atomic E-state index is 0.0915. The molecule has 7 nitrogen and oxygen atoms in total. The number of rotatable bonds is 7. The highest BCUT2D eigenvalue weighted by atomic mass is 16.2. The van der Waals surface area contributed by atoms with Gasteiger partial charge >= 0.3 is 0 Å². The number of piperazine rings is 1. The van der Waals surface area contributed by atoms with E-state index in [2.05, 4.69) is 34.1 Å². The van der Waals surface area contributed by atoms with E-state index in [0.717, 1.165) is 56.9 Å². The van der Waals surface area contributed by atoms with E-state index in [-0.39, 0.29) is 36.7 Å². The van der Waals surface area contributed by atoms with Crippen LogP contribution in [0.25, 0.3) is 6.08 Å². The zero-order valence-corrected chi connectivity index (χ0v) is 20.0. The molecule has 1 atom stereocenters. The smallest absolute Gasteiger partial charge is 0.247 e. The van der Waals surface area contributed by atoms with Crippen LogP contribution in [0.4, 0.5) is 5.69 Å². The van der Waals surface area contributed by atoms with Gasteiger partial charge in [-0.25, -0.2) is 0 Å². The minimum Gasteiger partial charge on any atom is -0.312 e. The Labute approximate surface area is 206 Å². The van der Waals surface area contributed by atoms with Gasteiger partial charge in [0.25, 0.3) is 0 Å². The molecule has 35 heavy (non-hydrogen) atoms.